The molecule has 5 heteroatoms. The van der Waals surface area contributed by atoms with Crippen molar-refractivity contribution in [3.63, 3.8) is 0 Å². The summed E-state index contributed by atoms with van der Waals surface area (Å²) >= 11 is 0. The van der Waals surface area contributed by atoms with E-state index in [0.717, 1.165) is 5.69 Å². The molecule has 0 unspecified atom stereocenters. The number of nitrogens with one attached hydrogen (secondary N) is 1. The van der Waals surface area contributed by atoms with Gasteiger partial charge in [-0.25, -0.2) is 0 Å². The molecule has 1 heterocycles. The Balaban J connectivity index is 2.30. The van der Waals surface area contributed by atoms with Gasteiger partial charge in [-0.05, 0) is 18.6 Å². The van der Waals surface area contributed by atoms with Gasteiger partial charge in [0.2, 0.25) is 5.91 Å². The number of hydrogen-bond acceptors (Lipinski definition) is 4. The van der Waals surface area contributed by atoms with Gasteiger partial charge in [0.25, 0.3) is 0 Å². The molecule has 0 saturated heterocycles. The van der Waals surface area contributed by atoms with E-state index in [9.17, 15) is 4.79 Å². The largest absolute Gasteiger partial charge is 0.394 e. The van der Waals surface area contributed by atoms with Crippen LogP contribution >= 0.6 is 0 Å². The van der Waals surface area contributed by atoms with Crippen LogP contribution in [-0.2, 0) is 11.2 Å². The third kappa shape index (κ3) is 4.37. The number of aliphatic hydroxyl groups excluding tert-OH is 2. The van der Waals surface area contributed by atoms with Crippen LogP contribution in [0.15, 0.2) is 24.4 Å². The fourth-order valence-electron chi connectivity index (χ4n) is 1.24. The van der Waals surface area contributed by atoms with Crippen LogP contribution in [0.2, 0.25) is 0 Å². The molecule has 0 bridgehead atoms. The molecule has 5 nitrogen and oxygen atoms in total. The maximum atomic E-state index is 11.4. The molecule has 16 heavy (non-hydrogen) atoms. The Morgan fingerprint density at radius 1 is 1.38 bits per heavy atom. The van der Waals surface area contributed by atoms with E-state index in [1.165, 1.54) is 0 Å². The van der Waals surface area contributed by atoms with Crippen molar-refractivity contribution in [2.24, 2.45) is 0 Å². The van der Waals surface area contributed by atoms with E-state index < -0.39 is 6.04 Å². The SMILES string of the molecule is O=C(CCc1ccccn1)NC(CO)CO. The predicted molar refractivity (Wildman–Crippen MR) is 58.7 cm³/mol. The van der Waals surface area contributed by atoms with Gasteiger partial charge < -0.3 is 15.5 Å². The van der Waals surface area contributed by atoms with Crippen LogP contribution in [0.3, 0.4) is 0 Å². The van der Waals surface area contributed by atoms with Crippen molar-refractivity contribution < 1.29 is 15.0 Å². The first kappa shape index (κ1) is 12.6. The summed E-state index contributed by atoms with van der Waals surface area (Å²) in [7, 11) is 0. The predicted octanol–water partition coefficient (Wildman–Crippen LogP) is -0.516. The lowest BCUT2D eigenvalue weighted by molar-refractivity contribution is -0.122. The molecule has 1 amide bonds. The number of aliphatic hydroxyl groups is 2. The van der Waals surface area contributed by atoms with Crippen LogP contribution in [0.4, 0.5) is 0 Å². The number of amides is 1. The van der Waals surface area contributed by atoms with Gasteiger partial charge in [-0.15, -0.1) is 0 Å². The Morgan fingerprint density at radius 2 is 2.12 bits per heavy atom. The highest BCUT2D eigenvalue weighted by atomic mass is 16.3. The van der Waals surface area contributed by atoms with Gasteiger partial charge in [0, 0.05) is 18.3 Å². The van der Waals surface area contributed by atoms with E-state index in [1.807, 2.05) is 18.2 Å². The van der Waals surface area contributed by atoms with Gasteiger partial charge in [-0.3, -0.25) is 9.78 Å². The van der Waals surface area contributed by atoms with Crippen LogP contribution in [0.1, 0.15) is 12.1 Å². The van der Waals surface area contributed by atoms with E-state index >= 15 is 0 Å². The van der Waals surface area contributed by atoms with Gasteiger partial charge in [0.15, 0.2) is 0 Å². The number of carbonyl (C=O) groups excluding carboxylic acids is 1. The van der Waals surface area contributed by atoms with Crippen molar-refractivity contribution in [2.45, 2.75) is 18.9 Å². The van der Waals surface area contributed by atoms with E-state index in [4.69, 9.17) is 10.2 Å². The van der Waals surface area contributed by atoms with E-state index in [1.54, 1.807) is 6.20 Å². The fraction of sp³-hybridized carbons (Fsp3) is 0.455. The minimum atomic E-state index is -0.573. The highest BCUT2D eigenvalue weighted by Gasteiger charge is 2.09. The van der Waals surface area contributed by atoms with Crippen molar-refractivity contribution in [1.29, 1.82) is 0 Å². The number of nitrogens with zero attached hydrogens (tertiary/aromatic N) is 1. The van der Waals surface area contributed by atoms with Crippen LogP contribution in [0.25, 0.3) is 0 Å². The zero-order valence-corrected chi connectivity index (χ0v) is 8.97. The van der Waals surface area contributed by atoms with Gasteiger partial charge in [0.1, 0.15) is 0 Å². The summed E-state index contributed by atoms with van der Waals surface area (Å²) in [5.41, 5.74) is 0.849. The molecule has 1 rings (SSSR count). The van der Waals surface area contributed by atoms with Crippen LogP contribution in [-0.4, -0.2) is 40.4 Å². The molecule has 0 radical (unpaired) electrons. The first-order valence-corrected chi connectivity index (χ1v) is 5.17. The van der Waals surface area contributed by atoms with Gasteiger partial charge >= 0.3 is 0 Å². The van der Waals surface area contributed by atoms with E-state index in [-0.39, 0.29) is 19.1 Å². The summed E-state index contributed by atoms with van der Waals surface area (Å²) in [5, 5.41) is 20.1. The standard InChI is InChI=1S/C11H16N2O3/c14-7-10(8-15)13-11(16)5-4-9-3-1-2-6-12-9/h1-3,6,10,14-15H,4-5,7-8H2,(H,13,16). The summed E-state index contributed by atoms with van der Waals surface area (Å²) in [4.78, 5) is 15.5. The molecular formula is C11H16N2O3. The minimum absolute atomic E-state index is 0.196. The number of aromatic nitrogens is 1. The topological polar surface area (TPSA) is 82.5 Å². The molecule has 0 aliphatic carbocycles. The Labute approximate surface area is 94.1 Å². The molecule has 3 N–H and O–H groups in total. The average Bonchev–Trinajstić information content (AvgIpc) is 2.34. The normalized spacial score (nSPS) is 10.4. The second kappa shape index (κ2) is 6.92. The first-order chi connectivity index (χ1) is 7.76. The summed E-state index contributed by atoms with van der Waals surface area (Å²) in [5.74, 6) is -0.196. The third-order valence-corrected chi connectivity index (χ3v) is 2.14. The lowest BCUT2D eigenvalue weighted by atomic mass is 10.2. The molecule has 0 fully saturated rings. The number of aryl methyl sites for hydroxylation is 1. The molecule has 0 aromatic carbocycles. The molecule has 0 aliphatic rings. The summed E-state index contributed by atoms with van der Waals surface area (Å²) in [6.45, 7) is -0.516. The lowest BCUT2D eigenvalue weighted by Crippen LogP contribution is -2.40. The fourth-order valence-corrected chi connectivity index (χ4v) is 1.24. The average molecular weight is 224 g/mol. The molecule has 88 valence electrons. The summed E-state index contributed by atoms with van der Waals surface area (Å²) in [6, 6.07) is 4.96. The summed E-state index contributed by atoms with van der Waals surface area (Å²) < 4.78 is 0. The van der Waals surface area contributed by atoms with E-state index in [0.29, 0.717) is 12.8 Å². The monoisotopic (exact) mass is 224 g/mol. The maximum absolute atomic E-state index is 11.4. The molecule has 1 aromatic rings. The van der Waals surface area contributed by atoms with Crippen LogP contribution in [0.5, 0.6) is 0 Å². The van der Waals surface area contributed by atoms with Gasteiger partial charge in [-0.2, -0.15) is 0 Å². The van der Waals surface area contributed by atoms with Crippen LogP contribution < -0.4 is 5.32 Å². The quantitative estimate of drug-likeness (QED) is 0.607. The zero-order chi connectivity index (χ0) is 11.8. The molecule has 0 spiro atoms. The second-order valence-corrected chi connectivity index (χ2v) is 3.45. The first-order valence-electron chi connectivity index (χ1n) is 5.17. The second-order valence-electron chi connectivity index (χ2n) is 3.45. The zero-order valence-electron chi connectivity index (χ0n) is 8.97. The number of rotatable bonds is 6. The smallest absolute Gasteiger partial charge is 0.220 e. The van der Waals surface area contributed by atoms with E-state index in [2.05, 4.69) is 10.3 Å². The van der Waals surface area contributed by atoms with Gasteiger partial charge in [0.05, 0.1) is 19.3 Å². The Hall–Kier alpha value is -1.46. The van der Waals surface area contributed by atoms with Crippen LogP contribution in [0, 0.1) is 0 Å². The number of carbonyl (C=O) groups is 1. The Bertz CT molecular complexity index is 312. The number of hydrogen-bond donors (Lipinski definition) is 3. The molecule has 1 aromatic heterocycles. The van der Waals surface area contributed by atoms with Crippen molar-refractivity contribution >= 4 is 5.91 Å². The van der Waals surface area contributed by atoms with Crippen molar-refractivity contribution in [1.82, 2.24) is 10.3 Å². The lowest BCUT2D eigenvalue weighted by Gasteiger charge is -2.12. The van der Waals surface area contributed by atoms with Gasteiger partial charge in [-0.1, -0.05) is 6.07 Å². The highest BCUT2D eigenvalue weighted by Crippen LogP contribution is 1.98. The van der Waals surface area contributed by atoms with Crippen molar-refractivity contribution in [2.75, 3.05) is 13.2 Å². The Morgan fingerprint density at radius 3 is 2.69 bits per heavy atom. The van der Waals surface area contributed by atoms with Crippen molar-refractivity contribution in [3.8, 4) is 0 Å². The molecule has 0 saturated carbocycles. The molecular weight excluding hydrogens is 208 g/mol. The minimum Gasteiger partial charge on any atom is -0.394 e. The number of pyridine rings is 1. The van der Waals surface area contributed by atoms with Crippen molar-refractivity contribution in [3.05, 3.63) is 30.1 Å². The Kier molecular flexibility index (Phi) is 5.45. The maximum Gasteiger partial charge on any atom is 0.220 e. The summed E-state index contributed by atoms with van der Waals surface area (Å²) in [6.07, 6.45) is 2.53. The molecule has 0 aliphatic heterocycles. The molecule has 0 atom stereocenters. The highest BCUT2D eigenvalue weighted by molar-refractivity contribution is 5.76. The third-order valence-electron chi connectivity index (χ3n) is 2.14.